The molecule has 1 heterocycles. The van der Waals surface area contributed by atoms with E-state index in [4.69, 9.17) is 5.73 Å². The van der Waals surface area contributed by atoms with Crippen molar-refractivity contribution in [3.8, 4) is 0 Å². The first-order valence-corrected chi connectivity index (χ1v) is 3.17. The van der Waals surface area contributed by atoms with E-state index in [1.165, 1.54) is 18.2 Å². The maximum absolute atomic E-state index is 12.0. The Balaban J connectivity index is 0.000000371. The molecule has 0 aliphatic carbocycles. The molecule has 0 radical (unpaired) electrons. The predicted octanol–water partition coefficient (Wildman–Crippen LogP) is 1.83. The number of hydrogen-bond donors (Lipinski definition) is 1. The maximum Gasteiger partial charge on any atom is 0.214 e. The van der Waals surface area contributed by atoms with Crippen molar-refractivity contribution in [2.24, 2.45) is 0 Å². The first-order valence-electron chi connectivity index (χ1n) is 3.17. The molecular formula is C7H11FN2. The largest absolute Gasteiger partial charge is 0.384 e. The van der Waals surface area contributed by atoms with Gasteiger partial charge in [-0.25, -0.2) is 4.98 Å². The molecule has 0 aromatic carbocycles. The molecule has 56 valence electrons. The van der Waals surface area contributed by atoms with Crippen molar-refractivity contribution < 1.29 is 4.39 Å². The molecule has 0 amide bonds. The molecular weight excluding hydrogens is 131 g/mol. The molecule has 3 heteroatoms. The second kappa shape index (κ2) is 4.73. The number of anilines is 1. The molecule has 10 heavy (non-hydrogen) atoms. The zero-order valence-electron chi connectivity index (χ0n) is 6.13. The van der Waals surface area contributed by atoms with E-state index in [0.717, 1.165) is 0 Å². The van der Waals surface area contributed by atoms with Crippen LogP contribution >= 0.6 is 0 Å². The topological polar surface area (TPSA) is 38.9 Å². The van der Waals surface area contributed by atoms with E-state index in [1.807, 2.05) is 13.8 Å². The summed E-state index contributed by atoms with van der Waals surface area (Å²) < 4.78 is 12.0. The quantitative estimate of drug-likeness (QED) is 0.561. The minimum Gasteiger partial charge on any atom is -0.384 e. The summed E-state index contributed by atoms with van der Waals surface area (Å²) in [4.78, 5) is 3.28. The lowest BCUT2D eigenvalue weighted by molar-refractivity contribution is 0.586. The summed E-state index contributed by atoms with van der Waals surface area (Å²) in [6, 6.07) is 4.29. The van der Waals surface area contributed by atoms with Crippen LogP contribution in [0.25, 0.3) is 0 Å². The van der Waals surface area contributed by atoms with E-state index in [0.29, 0.717) is 0 Å². The van der Waals surface area contributed by atoms with E-state index in [2.05, 4.69) is 4.98 Å². The zero-order chi connectivity index (χ0) is 7.98. The molecule has 1 aromatic heterocycles. The van der Waals surface area contributed by atoms with Crippen molar-refractivity contribution in [3.63, 3.8) is 0 Å². The Morgan fingerprint density at radius 3 is 2.30 bits per heavy atom. The average Bonchev–Trinajstić information content (AvgIpc) is 1.91. The normalized spacial score (nSPS) is 7.90. The third kappa shape index (κ3) is 3.02. The van der Waals surface area contributed by atoms with Crippen molar-refractivity contribution in [3.05, 3.63) is 24.1 Å². The van der Waals surface area contributed by atoms with Crippen molar-refractivity contribution in [1.29, 1.82) is 0 Å². The third-order valence-corrected chi connectivity index (χ3v) is 0.737. The summed E-state index contributed by atoms with van der Waals surface area (Å²) in [6.07, 6.45) is 0. The summed E-state index contributed by atoms with van der Waals surface area (Å²) in [5.74, 6) is -0.324. The van der Waals surface area contributed by atoms with Gasteiger partial charge in [-0.2, -0.15) is 4.39 Å². The first kappa shape index (κ1) is 8.88. The van der Waals surface area contributed by atoms with E-state index in [1.54, 1.807) is 0 Å². The van der Waals surface area contributed by atoms with E-state index in [9.17, 15) is 4.39 Å². The van der Waals surface area contributed by atoms with Gasteiger partial charge in [0.15, 0.2) is 0 Å². The highest BCUT2D eigenvalue weighted by atomic mass is 19.1. The molecule has 1 rings (SSSR count). The lowest BCUT2D eigenvalue weighted by Gasteiger charge is -1.87. The SMILES string of the molecule is CC.Nc1cccc(F)n1. The summed E-state index contributed by atoms with van der Waals surface area (Å²) in [7, 11) is 0. The van der Waals surface area contributed by atoms with Crippen LogP contribution in [0.4, 0.5) is 10.2 Å². The van der Waals surface area contributed by atoms with Gasteiger partial charge in [0.2, 0.25) is 5.95 Å². The molecule has 0 fully saturated rings. The molecule has 0 atom stereocenters. The van der Waals surface area contributed by atoms with Gasteiger partial charge in [0.25, 0.3) is 0 Å². The van der Waals surface area contributed by atoms with Crippen LogP contribution in [0.15, 0.2) is 18.2 Å². The van der Waals surface area contributed by atoms with E-state index in [-0.39, 0.29) is 5.82 Å². The van der Waals surface area contributed by atoms with Crippen LogP contribution in [0, 0.1) is 5.95 Å². The third-order valence-electron chi connectivity index (χ3n) is 0.737. The minimum absolute atomic E-state index is 0.213. The summed E-state index contributed by atoms with van der Waals surface area (Å²) >= 11 is 0. The van der Waals surface area contributed by atoms with Gasteiger partial charge in [-0.15, -0.1) is 0 Å². The Morgan fingerprint density at radius 2 is 2.00 bits per heavy atom. The lowest BCUT2D eigenvalue weighted by Crippen LogP contribution is -1.90. The van der Waals surface area contributed by atoms with Crippen LogP contribution in [0.5, 0.6) is 0 Å². The van der Waals surface area contributed by atoms with Crippen molar-refractivity contribution in [2.45, 2.75) is 13.8 Å². The Morgan fingerprint density at radius 1 is 1.40 bits per heavy atom. The summed E-state index contributed by atoms with van der Waals surface area (Å²) in [6.45, 7) is 4.00. The van der Waals surface area contributed by atoms with Crippen LogP contribution in [0.1, 0.15) is 13.8 Å². The Labute approximate surface area is 59.9 Å². The molecule has 0 spiro atoms. The molecule has 0 saturated heterocycles. The number of aromatic nitrogens is 1. The molecule has 0 aliphatic heterocycles. The van der Waals surface area contributed by atoms with Gasteiger partial charge in [-0.05, 0) is 12.1 Å². The molecule has 0 saturated carbocycles. The van der Waals surface area contributed by atoms with Gasteiger partial charge in [0.1, 0.15) is 5.82 Å². The minimum atomic E-state index is -0.537. The van der Waals surface area contributed by atoms with Gasteiger partial charge in [-0.3, -0.25) is 0 Å². The fourth-order valence-electron chi connectivity index (χ4n) is 0.424. The number of halogens is 1. The van der Waals surface area contributed by atoms with Gasteiger partial charge in [0.05, 0.1) is 0 Å². The molecule has 0 aliphatic rings. The van der Waals surface area contributed by atoms with Crippen LogP contribution < -0.4 is 5.73 Å². The van der Waals surface area contributed by atoms with Crippen molar-refractivity contribution in [1.82, 2.24) is 4.98 Å². The van der Waals surface area contributed by atoms with Gasteiger partial charge < -0.3 is 5.73 Å². The van der Waals surface area contributed by atoms with Gasteiger partial charge in [0, 0.05) is 0 Å². The number of pyridine rings is 1. The smallest absolute Gasteiger partial charge is 0.214 e. The zero-order valence-corrected chi connectivity index (χ0v) is 6.13. The second-order valence-electron chi connectivity index (χ2n) is 1.39. The second-order valence-corrected chi connectivity index (χ2v) is 1.39. The van der Waals surface area contributed by atoms with Gasteiger partial charge in [-0.1, -0.05) is 19.9 Å². The Bertz CT molecular complexity index is 171. The van der Waals surface area contributed by atoms with Crippen molar-refractivity contribution in [2.75, 3.05) is 5.73 Å². The van der Waals surface area contributed by atoms with Crippen molar-refractivity contribution >= 4 is 5.82 Å². The Hall–Kier alpha value is -1.12. The number of nitrogens with two attached hydrogens (primary N) is 1. The highest BCUT2D eigenvalue weighted by Gasteiger charge is 1.86. The number of rotatable bonds is 0. The maximum atomic E-state index is 12.0. The van der Waals surface area contributed by atoms with Crippen LogP contribution in [0.2, 0.25) is 0 Å². The average molecular weight is 142 g/mol. The van der Waals surface area contributed by atoms with Crippen LogP contribution in [-0.4, -0.2) is 4.98 Å². The molecule has 1 aromatic rings. The summed E-state index contributed by atoms with van der Waals surface area (Å²) in [5, 5.41) is 0. The van der Waals surface area contributed by atoms with Crippen LogP contribution in [0.3, 0.4) is 0 Å². The molecule has 2 N–H and O–H groups in total. The first-order chi connectivity index (χ1) is 4.79. The van der Waals surface area contributed by atoms with Gasteiger partial charge >= 0.3 is 0 Å². The fraction of sp³-hybridized carbons (Fsp3) is 0.286. The van der Waals surface area contributed by atoms with E-state index < -0.39 is 5.95 Å². The number of nitrogen functional groups attached to an aromatic ring is 1. The highest BCUT2D eigenvalue weighted by molar-refractivity contribution is 5.25. The lowest BCUT2D eigenvalue weighted by atomic mass is 10.5. The monoisotopic (exact) mass is 142 g/mol. The predicted molar refractivity (Wildman–Crippen MR) is 40.0 cm³/mol. The number of hydrogen-bond acceptors (Lipinski definition) is 2. The molecule has 0 unspecified atom stereocenters. The highest BCUT2D eigenvalue weighted by Crippen LogP contribution is 1.96. The molecule has 2 nitrogen and oxygen atoms in total. The molecule has 0 bridgehead atoms. The number of nitrogens with zero attached hydrogens (tertiary/aromatic N) is 1. The van der Waals surface area contributed by atoms with Crippen LogP contribution in [-0.2, 0) is 0 Å². The standard InChI is InChI=1S/C5H5FN2.C2H6/c6-4-2-1-3-5(7)8-4;1-2/h1-3H,(H2,7,8);1-2H3. The van der Waals surface area contributed by atoms with E-state index >= 15 is 0 Å². The summed E-state index contributed by atoms with van der Waals surface area (Å²) in [5.41, 5.74) is 5.11. The fourth-order valence-corrected chi connectivity index (χ4v) is 0.424. The Kier molecular flexibility index (Phi) is 4.20.